The molecule has 0 radical (unpaired) electrons. The van der Waals surface area contributed by atoms with Crippen molar-refractivity contribution in [1.82, 2.24) is 14.7 Å². The summed E-state index contributed by atoms with van der Waals surface area (Å²) in [5.74, 6) is 0.245. The zero-order chi connectivity index (χ0) is 17.6. The first-order chi connectivity index (χ1) is 12.1. The van der Waals surface area contributed by atoms with Gasteiger partial charge >= 0.3 is 0 Å². The molecule has 2 fully saturated rings. The molecule has 0 atom stereocenters. The molecule has 0 aliphatic carbocycles. The van der Waals surface area contributed by atoms with Gasteiger partial charge in [-0.2, -0.15) is 0 Å². The maximum absolute atomic E-state index is 12.5. The van der Waals surface area contributed by atoms with Gasteiger partial charge < -0.3 is 14.5 Å². The molecule has 0 aromatic heterocycles. The molecule has 1 aromatic carbocycles. The predicted octanol–water partition coefficient (Wildman–Crippen LogP) is 1.00. The number of benzene rings is 1. The number of ether oxygens (including phenoxy) is 1. The Balaban J connectivity index is 1.43. The van der Waals surface area contributed by atoms with Crippen LogP contribution >= 0.6 is 0 Å². The van der Waals surface area contributed by atoms with Crippen LogP contribution < -0.4 is 0 Å². The van der Waals surface area contributed by atoms with Gasteiger partial charge in [-0.15, -0.1) is 0 Å². The second kappa shape index (κ2) is 8.45. The van der Waals surface area contributed by atoms with Crippen molar-refractivity contribution in [1.29, 1.82) is 0 Å². The summed E-state index contributed by atoms with van der Waals surface area (Å²) >= 11 is 0. The maximum atomic E-state index is 12.5. The summed E-state index contributed by atoms with van der Waals surface area (Å²) in [5.41, 5.74) is 1.87. The van der Waals surface area contributed by atoms with Gasteiger partial charge in [0.05, 0.1) is 13.2 Å². The quantitative estimate of drug-likeness (QED) is 0.817. The molecule has 2 heterocycles. The number of carbonyl (C=O) groups is 2. The highest BCUT2D eigenvalue weighted by molar-refractivity contribution is 5.94. The SMILES string of the molecule is Cc1ccc(C(=O)N2CCN(C(=O)CCN3CCOCC3)CC2)cc1. The molecule has 1 aromatic rings. The second-order valence-electron chi connectivity index (χ2n) is 6.74. The Labute approximate surface area is 149 Å². The van der Waals surface area contributed by atoms with Crippen molar-refractivity contribution in [3.05, 3.63) is 35.4 Å². The van der Waals surface area contributed by atoms with Crippen molar-refractivity contribution >= 4 is 11.8 Å². The number of amides is 2. The number of piperazine rings is 1. The van der Waals surface area contributed by atoms with E-state index in [0.717, 1.165) is 44.0 Å². The van der Waals surface area contributed by atoms with Crippen molar-refractivity contribution in [3.8, 4) is 0 Å². The highest BCUT2D eigenvalue weighted by Gasteiger charge is 2.25. The summed E-state index contributed by atoms with van der Waals surface area (Å²) in [7, 11) is 0. The van der Waals surface area contributed by atoms with Crippen molar-refractivity contribution in [3.63, 3.8) is 0 Å². The summed E-state index contributed by atoms with van der Waals surface area (Å²) in [6.45, 7) is 8.60. The van der Waals surface area contributed by atoms with E-state index in [1.54, 1.807) is 0 Å². The van der Waals surface area contributed by atoms with Gasteiger partial charge in [0, 0.05) is 57.8 Å². The largest absolute Gasteiger partial charge is 0.379 e. The molecule has 0 spiro atoms. The Bertz CT molecular complexity index is 588. The van der Waals surface area contributed by atoms with Crippen molar-refractivity contribution in [2.75, 3.05) is 59.0 Å². The normalized spacial score (nSPS) is 19.1. The topological polar surface area (TPSA) is 53.1 Å². The average molecular weight is 345 g/mol. The Morgan fingerprint density at radius 3 is 2.16 bits per heavy atom. The van der Waals surface area contributed by atoms with Crippen LogP contribution in [0.4, 0.5) is 0 Å². The molecule has 2 amide bonds. The molecule has 2 aliphatic rings. The van der Waals surface area contributed by atoms with Crippen molar-refractivity contribution in [2.45, 2.75) is 13.3 Å². The number of carbonyl (C=O) groups excluding carboxylic acids is 2. The Kier molecular flexibility index (Phi) is 6.04. The number of aryl methyl sites for hydroxylation is 1. The van der Waals surface area contributed by atoms with Gasteiger partial charge in [-0.3, -0.25) is 14.5 Å². The molecule has 6 nitrogen and oxygen atoms in total. The lowest BCUT2D eigenvalue weighted by molar-refractivity contribution is -0.133. The van der Waals surface area contributed by atoms with E-state index in [1.807, 2.05) is 41.0 Å². The Morgan fingerprint density at radius 2 is 1.52 bits per heavy atom. The van der Waals surface area contributed by atoms with Gasteiger partial charge in [-0.25, -0.2) is 0 Å². The van der Waals surface area contributed by atoms with Gasteiger partial charge in [-0.05, 0) is 19.1 Å². The van der Waals surface area contributed by atoms with E-state index < -0.39 is 0 Å². The highest BCUT2D eigenvalue weighted by Crippen LogP contribution is 2.11. The van der Waals surface area contributed by atoms with Gasteiger partial charge in [0.1, 0.15) is 0 Å². The Morgan fingerprint density at radius 1 is 0.920 bits per heavy atom. The van der Waals surface area contributed by atoms with Crippen LogP contribution in [0.2, 0.25) is 0 Å². The number of rotatable bonds is 4. The lowest BCUT2D eigenvalue weighted by atomic mass is 10.1. The van der Waals surface area contributed by atoms with Crippen LogP contribution in [0.3, 0.4) is 0 Å². The first kappa shape index (κ1) is 17.9. The molecule has 0 saturated carbocycles. The van der Waals surface area contributed by atoms with Gasteiger partial charge in [0.25, 0.3) is 5.91 Å². The van der Waals surface area contributed by atoms with Crippen molar-refractivity contribution in [2.24, 2.45) is 0 Å². The zero-order valence-corrected chi connectivity index (χ0v) is 14.9. The molecule has 136 valence electrons. The summed E-state index contributed by atoms with van der Waals surface area (Å²) in [5, 5.41) is 0. The van der Waals surface area contributed by atoms with Crippen LogP contribution in [0.25, 0.3) is 0 Å². The Hall–Kier alpha value is -1.92. The maximum Gasteiger partial charge on any atom is 0.253 e. The second-order valence-corrected chi connectivity index (χ2v) is 6.74. The van der Waals surface area contributed by atoms with Crippen LogP contribution in [0.15, 0.2) is 24.3 Å². The molecule has 2 aliphatic heterocycles. The summed E-state index contributed by atoms with van der Waals surface area (Å²) < 4.78 is 5.33. The summed E-state index contributed by atoms with van der Waals surface area (Å²) in [6, 6.07) is 7.66. The average Bonchev–Trinajstić information content (AvgIpc) is 2.67. The summed E-state index contributed by atoms with van der Waals surface area (Å²) in [4.78, 5) is 30.9. The first-order valence-corrected chi connectivity index (χ1v) is 9.07. The fourth-order valence-electron chi connectivity index (χ4n) is 3.27. The van der Waals surface area contributed by atoms with Crippen LogP contribution in [0.1, 0.15) is 22.3 Å². The van der Waals surface area contributed by atoms with Crippen LogP contribution in [-0.4, -0.2) is 85.5 Å². The van der Waals surface area contributed by atoms with E-state index in [1.165, 1.54) is 0 Å². The standard InChI is InChI=1S/C19H27N3O3/c1-16-2-4-17(5-3-16)19(24)22-10-8-21(9-11-22)18(23)6-7-20-12-14-25-15-13-20/h2-5H,6-15H2,1H3. The molecule has 0 bridgehead atoms. The van der Waals surface area contributed by atoms with E-state index >= 15 is 0 Å². The fourth-order valence-corrected chi connectivity index (χ4v) is 3.27. The molecule has 0 N–H and O–H groups in total. The minimum absolute atomic E-state index is 0.0559. The first-order valence-electron chi connectivity index (χ1n) is 9.07. The van der Waals surface area contributed by atoms with Crippen LogP contribution in [0, 0.1) is 6.92 Å². The number of morpholine rings is 1. The van der Waals surface area contributed by atoms with E-state index in [4.69, 9.17) is 4.74 Å². The molecule has 25 heavy (non-hydrogen) atoms. The number of nitrogens with zero attached hydrogens (tertiary/aromatic N) is 3. The van der Waals surface area contributed by atoms with E-state index in [0.29, 0.717) is 32.6 Å². The van der Waals surface area contributed by atoms with Crippen molar-refractivity contribution < 1.29 is 14.3 Å². The molecule has 6 heteroatoms. The third kappa shape index (κ3) is 4.80. The lowest BCUT2D eigenvalue weighted by Crippen LogP contribution is -2.51. The number of hydrogen-bond acceptors (Lipinski definition) is 4. The van der Waals surface area contributed by atoms with E-state index in [-0.39, 0.29) is 11.8 Å². The van der Waals surface area contributed by atoms with E-state index in [2.05, 4.69) is 4.90 Å². The third-order valence-electron chi connectivity index (χ3n) is 4.96. The highest BCUT2D eigenvalue weighted by atomic mass is 16.5. The zero-order valence-electron chi connectivity index (χ0n) is 14.9. The van der Waals surface area contributed by atoms with E-state index in [9.17, 15) is 9.59 Å². The predicted molar refractivity (Wildman–Crippen MR) is 95.5 cm³/mol. The lowest BCUT2D eigenvalue weighted by Gasteiger charge is -2.35. The molecular formula is C19H27N3O3. The third-order valence-corrected chi connectivity index (χ3v) is 4.96. The molecule has 0 unspecified atom stereocenters. The minimum Gasteiger partial charge on any atom is -0.379 e. The van der Waals surface area contributed by atoms with Crippen LogP contribution in [-0.2, 0) is 9.53 Å². The van der Waals surface area contributed by atoms with Crippen LogP contribution in [0.5, 0.6) is 0 Å². The molecular weight excluding hydrogens is 318 g/mol. The van der Waals surface area contributed by atoms with Gasteiger partial charge in [0.2, 0.25) is 5.91 Å². The number of hydrogen-bond donors (Lipinski definition) is 0. The fraction of sp³-hybridized carbons (Fsp3) is 0.579. The molecule has 3 rings (SSSR count). The smallest absolute Gasteiger partial charge is 0.253 e. The molecule has 2 saturated heterocycles. The van der Waals surface area contributed by atoms with Gasteiger partial charge in [0.15, 0.2) is 0 Å². The minimum atomic E-state index is 0.0559. The summed E-state index contributed by atoms with van der Waals surface area (Å²) in [6.07, 6.45) is 0.548. The van der Waals surface area contributed by atoms with Gasteiger partial charge in [-0.1, -0.05) is 17.7 Å². The monoisotopic (exact) mass is 345 g/mol.